The lowest BCUT2D eigenvalue weighted by atomic mass is 10.2. The number of aryl methyl sites for hydroxylation is 2. The molecule has 1 aromatic carbocycles. The standard InChI is InChI=1S/C12H10ClFN2O/c1-7-3-4-9(14)10(5-7)17-12-6-11(13)15-8(2)16-12/h3-6H,1-2H3. The van der Waals surface area contributed by atoms with Gasteiger partial charge in [0.15, 0.2) is 11.6 Å². The first-order valence-electron chi connectivity index (χ1n) is 5.00. The summed E-state index contributed by atoms with van der Waals surface area (Å²) in [5.41, 5.74) is 0.901. The highest BCUT2D eigenvalue weighted by atomic mass is 35.5. The van der Waals surface area contributed by atoms with E-state index in [9.17, 15) is 4.39 Å². The van der Waals surface area contributed by atoms with Crippen LogP contribution in [0.5, 0.6) is 11.6 Å². The first kappa shape index (κ1) is 11.8. The van der Waals surface area contributed by atoms with E-state index in [-0.39, 0.29) is 16.8 Å². The van der Waals surface area contributed by atoms with Crippen molar-refractivity contribution in [3.8, 4) is 11.6 Å². The summed E-state index contributed by atoms with van der Waals surface area (Å²) >= 11 is 5.76. The van der Waals surface area contributed by atoms with Crippen LogP contribution >= 0.6 is 11.6 Å². The minimum absolute atomic E-state index is 0.124. The molecule has 0 unspecified atom stereocenters. The van der Waals surface area contributed by atoms with Gasteiger partial charge in [-0.15, -0.1) is 0 Å². The molecular weight excluding hydrogens is 243 g/mol. The number of nitrogens with zero attached hydrogens (tertiary/aromatic N) is 2. The van der Waals surface area contributed by atoms with Gasteiger partial charge in [-0.1, -0.05) is 17.7 Å². The third-order valence-electron chi connectivity index (χ3n) is 2.08. The number of ether oxygens (including phenoxy) is 1. The lowest BCUT2D eigenvalue weighted by Crippen LogP contribution is -1.95. The fourth-order valence-electron chi connectivity index (χ4n) is 1.36. The topological polar surface area (TPSA) is 35.0 Å². The van der Waals surface area contributed by atoms with Crippen LogP contribution in [0.3, 0.4) is 0 Å². The maximum absolute atomic E-state index is 13.5. The molecule has 0 aliphatic heterocycles. The molecule has 88 valence electrons. The molecule has 0 radical (unpaired) electrons. The van der Waals surface area contributed by atoms with Gasteiger partial charge in [0.05, 0.1) is 0 Å². The smallest absolute Gasteiger partial charge is 0.224 e. The van der Waals surface area contributed by atoms with E-state index >= 15 is 0 Å². The van der Waals surface area contributed by atoms with E-state index in [2.05, 4.69) is 9.97 Å². The molecule has 5 heteroatoms. The molecule has 1 aromatic heterocycles. The maximum atomic E-state index is 13.5. The van der Waals surface area contributed by atoms with E-state index in [1.165, 1.54) is 12.1 Å². The van der Waals surface area contributed by atoms with E-state index < -0.39 is 5.82 Å². The summed E-state index contributed by atoms with van der Waals surface area (Å²) in [5.74, 6) is 0.384. The Morgan fingerprint density at radius 3 is 2.65 bits per heavy atom. The minimum atomic E-state index is -0.442. The Morgan fingerprint density at radius 1 is 1.18 bits per heavy atom. The van der Waals surface area contributed by atoms with Crippen LogP contribution in [-0.2, 0) is 0 Å². The van der Waals surface area contributed by atoms with Crippen molar-refractivity contribution in [2.24, 2.45) is 0 Å². The predicted molar refractivity (Wildman–Crippen MR) is 63.0 cm³/mol. The molecule has 17 heavy (non-hydrogen) atoms. The van der Waals surface area contributed by atoms with Crippen LogP contribution < -0.4 is 4.74 Å². The third kappa shape index (κ3) is 2.91. The van der Waals surface area contributed by atoms with Crippen molar-refractivity contribution in [2.45, 2.75) is 13.8 Å². The van der Waals surface area contributed by atoms with Gasteiger partial charge in [0, 0.05) is 6.07 Å². The lowest BCUT2D eigenvalue weighted by Gasteiger charge is -2.07. The number of halogens is 2. The lowest BCUT2D eigenvalue weighted by molar-refractivity contribution is 0.425. The van der Waals surface area contributed by atoms with E-state index in [1.54, 1.807) is 19.1 Å². The Labute approximate surface area is 103 Å². The van der Waals surface area contributed by atoms with E-state index in [0.717, 1.165) is 5.56 Å². The summed E-state index contributed by atoms with van der Waals surface area (Å²) in [5, 5.41) is 0.264. The molecule has 0 N–H and O–H groups in total. The van der Waals surface area contributed by atoms with E-state index in [0.29, 0.717) is 5.82 Å². The van der Waals surface area contributed by atoms with E-state index in [4.69, 9.17) is 16.3 Å². The largest absolute Gasteiger partial charge is 0.436 e. The second kappa shape index (κ2) is 4.67. The molecule has 2 rings (SSSR count). The second-order valence-electron chi connectivity index (χ2n) is 3.61. The average Bonchev–Trinajstić information content (AvgIpc) is 2.22. The van der Waals surface area contributed by atoms with Crippen molar-refractivity contribution in [1.82, 2.24) is 9.97 Å². The Kier molecular flexibility index (Phi) is 3.24. The Bertz CT molecular complexity index is 540. The average molecular weight is 253 g/mol. The molecular formula is C12H10ClFN2O. The van der Waals surface area contributed by atoms with Crippen LogP contribution in [0.4, 0.5) is 4.39 Å². The highest BCUT2D eigenvalue weighted by Crippen LogP contribution is 2.25. The van der Waals surface area contributed by atoms with Gasteiger partial charge in [-0.25, -0.2) is 9.37 Å². The zero-order chi connectivity index (χ0) is 12.4. The van der Waals surface area contributed by atoms with Crippen LogP contribution in [-0.4, -0.2) is 9.97 Å². The molecule has 0 saturated carbocycles. The van der Waals surface area contributed by atoms with Crippen molar-refractivity contribution >= 4 is 11.6 Å². The molecule has 0 saturated heterocycles. The van der Waals surface area contributed by atoms with Crippen LogP contribution in [0.2, 0.25) is 5.15 Å². The quantitative estimate of drug-likeness (QED) is 0.765. The number of rotatable bonds is 2. The monoisotopic (exact) mass is 252 g/mol. The fraction of sp³-hybridized carbons (Fsp3) is 0.167. The minimum Gasteiger partial charge on any atom is -0.436 e. The Hall–Kier alpha value is -1.68. The van der Waals surface area contributed by atoms with Crippen molar-refractivity contribution in [1.29, 1.82) is 0 Å². The second-order valence-corrected chi connectivity index (χ2v) is 4.00. The van der Waals surface area contributed by atoms with Gasteiger partial charge in [-0.2, -0.15) is 4.98 Å². The fourth-order valence-corrected chi connectivity index (χ4v) is 1.57. The predicted octanol–water partition coefficient (Wildman–Crippen LogP) is 3.68. The molecule has 2 aromatic rings. The molecule has 0 amide bonds. The van der Waals surface area contributed by atoms with Crippen LogP contribution in [0.15, 0.2) is 24.3 Å². The van der Waals surface area contributed by atoms with E-state index in [1.807, 2.05) is 6.92 Å². The normalized spacial score (nSPS) is 10.4. The first-order chi connectivity index (χ1) is 8.04. The molecule has 0 aliphatic rings. The summed E-state index contributed by atoms with van der Waals surface area (Å²) in [6.45, 7) is 3.54. The summed E-state index contributed by atoms with van der Waals surface area (Å²) in [6.07, 6.45) is 0. The van der Waals surface area contributed by atoms with Gasteiger partial charge >= 0.3 is 0 Å². The molecule has 0 fully saturated rings. The van der Waals surface area contributed by atoms with Crippen molar-refractivity contribution < 1.29 is 9.13 Å². The first-order valence-corrected chi connectivity index (χ1v) is 5.37. The molecule has 0 bridgehead atoms. The van der Waals surface area contributed by atoms with Crippen LogP contribution in [0.25, 0.3) is 0 Å². The van der Waals surface area contributed by atoms with Crippen molar-refractivity contribution in [3.63, 3.8) is 0 Å². The highest BCUT2D eigenvalue weighted by molar-refractivity contribution is 6.29. The van der Waals surface area contributed by atoms with Crippen LogP contribution in [0, 0.1) is 19.7 Å². The Morgan fingerprint density at radius 2 is 1.94 bits per heavy atom. The number of aromatic nitrogens is 2. The summed E-state index contributed by atoms with van der Waals surface area (Å²) in [6, 6.07) is 6.05. The zero-order valence-electron chi connectivity index (χ0n) is 9.37. The zero-order valence-corrected chi connectivity index (χ0v) is 10.1. The Balaban J connectivity index is 2.34. The van der Waals surface area contributed by atoms with Gasteiger partial charge in [0.2, 0.25) is 5.88 Å². The van der Waals surface area contributed by atoms with Crippen molar-refractivity contribution in [2.75, 3.05) is 0 Å². The maximum Gasteiger partial charge on any atom is 0.224 e. The molecule has 1 heterocycles. The summed E-state index contributed by atoms with van der Waals surface area (Å²) in [4.78, 5) is 7.91. The van der Waals surface area contributed by atoms with Gasteiger partial charge < -0.3 is 4.74 Å². The van der Waals surface area contributed by atoms with Crippen molar-refractivity contribution in [3.05, 3.63) is 46.6 Å². The van der Waals surface area contributed by atoms with Gasteiger partial charge in [0.25, 0.3) is 0 Å². The van der Waals surface area contributed by atoms with Gasteiger partial charge in [-0.3, -0.25) is 0 Å². The van der Waals surface area contributed by atoms with Gasteiger partial charge in [-0.05, 0) is 31.5 Å². The van der Waals surface area contributed by atoms with Crippen LogP contribution in [0.1, 0.15) is 11.4 Å². The molecule has 0 spiro atoms. The molecule has 0 aliphatic carbocycles. The number of hydrogen-bond acceptors (Lipinski definition) is 3. The highest BCUT2D eigenvalue weighted by Gasteiger charge is 2.07. The molecule has 0 atom stereocenters. The summed E-state index contributed by atoms with van der Waals surface area (Å²) in [7, 11) is 0. The number of benzene rings is 1. The SMILES string of the molecule is Cc1ccc(F)c(Oc2cc(Cl)nc(C)n2)c1. The third-order valence-corrected chi connectivity index (χ3v) is 2.28. The summed E-state index contributed by atoms with van der Waals surface area (Å²) < 4.78 is 18.8. The molecule has 3 nitrogen and oxygen atoms in total. The van der Waals surface area contributed by atoms with Gasteiger partial charge in [0.1, 0.15) is 11.0 Å². The number of hydrogen-bond donors (Lipinski definition) is 0.